The van der Waals surface area contributed by atoms with Crippen molar-refractivity contribution >= 4 is 22.7 Å². The molecule has 1 atom stereocenters. The zero-order valence-corrected chi connectivity index (χ0v) is 14.7. The number of likely N-dealkylation sites (tertiary alicyclic amines) is 2. The molecule has 5 nitrogen and oxygen atoms in total. The first-order valence-electron chi connectivity index (χ1n) is 9.27. The molecule has 0 bridgehead atoms. The van der Waals surface area contributed by atoms with Crippen LogP contribution >= 0.6 is 0 Å². The maximum Gasteiger partial charge on any atom is 0.245 e. The van der Waals surface area contributed by atoms with E-state index >= 15 is 0 Å². The van der Waals surface area contributed by atoms with Gasteiger partial charge in [0.05, 0.1) is 0 Å². The third-order valence-corrected chi connectivity index (χ3v) is 5.74. The first-order valence-corrected chi connectivity index (χ1v) is 9.27. The van der Waals surface area contributed by atoms with Gasteiger partial charge in [0.2, 0.25) is 11.8 Å². The highest BCUT2D eigenvalue weighted by Gasteiger charge is 2.36. The molecule has 0 spiro atoms. The molecule has 2 fully saturated rings. The van der Waals surface area contributed by atoms with Crippen LogP contribution in [0.5, 0.6) is 0 Å². The Morgan fingerprint density at radius 3 is 2.56 bits per heavy atom. The van der Waals surface area contributed by atoms with Crippen LogP contribution in [0.1, 0.15) is 44.2 Å². The SMILES string of the molecule is CC(=O)N1CCC[C@H]1C(=O)N1CCC(c2cc3ccccc3[nH]2)CC1. The summed E-state index contributed by atoms with van der Waals surface area (Å²) in [6, 6.07) is 10.3. The average molecular weight is 339 g/mol. The fraction of sp³-hybridized carbons (Fsp3) is 0.500. The number of nitrogens with zero attached hydrogens (tertiary/aromatic N) is 2. The molecule has 2 aliphatic rings. The minimum absolute atomic E-state index is 0.0174. The number of aromatic amines is 1. The molecule has 2 amide bonds. The lowest BCUT2D eigenvalue weighted by Gasteiger charge is -2.35. The number of H-pyrrole nitrogens is 1. The molecule has 0 radical (unpaired) electrons. The Hall–Kier alpha value is -2.30. The summed E-state index contributed by atoms with van der Waals surface area (Å²) in [5, 5.41) is 1.25. The van der Waals surface area contributed by atoms with Crippen LogP contribution in [0, 0.1) is 0 Å². The number of carbonyl (C=O) groups is 2. The van der Waals surface area contributed by atoms with Gasteiger partial charge in [-0.25, -0.2) is 0 Å². The van der Waals surface area contributed by atoms with Crippen LogP contribution in [0.15, 0.2) is 30.3 Å². The van der Waals surface area contributed by atoms with Gasteiger partial charge in [-0.15, -0.1) is 0 Å². The van der Waals surface area contributed by atoms with Crippen molar-refractivity contribution in [2.24, 2.45) is 0 Å². The largest absolute Gasteiger partial charge is 0.358 e. The van der Waals surface area contributed by atoms with E-state index in [0.29, 0.717) is 5.92 Å². The number of piperidine rings is 1. The summed E-state index contributed by atoms with van der Waals surface area (Å²) in [5.41, 5.74) is 2.46. The predicted octanol–water partition coefficient (Wildman–Crippen LogP) is 2.88. The topological polar surface area (TPSA) is 56.4 Å². The first kappa shape index (κ1) is 16.2. The molecule has 0 aliphatic carbocycles. The Morgan fingerprint density at radius 1 is 1.08 bits per heavy atom. The van der Waals surface area contributed by atoms with Crippen molar-refractivity contribution in [3.63, 3.8) is 0 Å². The number of benzene rings is 1. The lowest BCUT2D eigenvalue weighted by atomic mass is 9.93. The Labute approximate surface area is 148 Å². The quantitative estimate of drug-likeness (QED) is 0.915. The molecule has 2 saturated heterocycles. The molecule has 1 N–H and O–H groups in total. The maximum absolute atomic E-state index is 12.8. The summed E-state index contributed by atoms with van der Waals surface area (Å²) in [6.07, 6.45) is 3.69. The van der Waals surface area contributed by atoms with Gasteiger partial charge in [0.25, 0.3) is 0 Å². The van der Waals surface area contributed by atoms with Gasteiger partial charge in [0.1, 0.15) is 6.04 Å². The van der Waals surface area contributed by atoms with E-state index in [1.165, 1.54) is 16.6 Å². The van der Waals surface area contributed by atoms with Gasteiger partial charge in [0.15, 0.2) is 0 Å². The Bertz CT molecular complexity index is 756. The zero-order valence-electron chi connectivity index (χ0n) is 14.7. The first-order chi connectivity index (χ1) is 12.1. The molecule has 1 aromatic carbocycles. The van der Waals surface area contributed by atoms with Gasteiger partial charge in [-0.1, -0.05) is 18.2 Å². The van der Waals surface area contributed by atoms with E-state index in [2.05, 4.69) is 29.2 Å². The van der Waals surface area contributed by atoms with Crippen LogP contribution < -0.4 is 0 Å². The van der Waals surface area contributed by atoms with Crippen LogP contribution in [0.3, 0.4) is 0 Å². The molecule has 132 valence electrons. The van der Waals surface area contributed by atoms with Gasteiger partial charge in [-0.2, -0.15) is 0 Å². The van der Waals surface area contributed by atoms with Gasteiger partial charge < -0.3 is 14.8 Å². The average Bonchev–Trinajstić information content (AvgIpc) is 3.28. The van der Waals surface area contributed by atoms with Crippen LogP contribution in [0.2, 0.25) is 0 Å². The predicted molar refractivity (Wildman–Crippen MR) is 97.3 cm³/mol. The zero-order chi connectivity index (χ0) is 17.4. The molecule has 1 aromatic heterocycles. The Balaban J connectivity index is 1.41. The number of para-hydroxylation sites is 1. The van der Waals surface area contributed by atoms with Crippen molar-refractivity contribution < 1.29 is 9.59 Å². The molecule has 3 heterocycles. The molecular weight excluding hydrogens is 314 g/mol. The van der Waals surface area contributed by atoms with Crippen LogP contribution in [0.25, 0.3) is 10.9 Å². The summed E-state index contributed by atoms with van der Waals surface area (Å²) < 4.78 is 0. The molecule has 25 heavy (non-hydrogen) atoms. The Kier molecular flexibility index (Phi) is 4.24. The minimum Gasteiger partial charge on any atom is -0.358 e. The van der Waals surface area contributed by atoms with E-state index in [1.807, 2.05) is 11.0 Å². The van der Waals surface area contributed by atoms with Gasteiger partial charge in [0, 0.05) is 43.7 Å². The van der Waals surface area contributed by atoms with Gasteiger partial charge in [-0.3, -0.25) is 9.59 Å². The lowest BCUT2D eigenvalue weighted by molar-refractivity contribution is -0.143. The highest BCUT2D eigenvalue weighted by molar-refractivity contribution is 5.87. The number of carbonyl (C=O) groups excluding carboxylic acids is 2. The molecule has 2 aromatic rings. The summed E-state index contributed by atoms with van der Waals surface area (Å²) in [7, 11) is 0. The van der Waals surface area contributed by atoms with E-state index in [1.54, 1.807) is 11.8 Å². The number of hydrogen-bond acceptors (Lipinski definition) is 2. The molecule has 0 unspecified atom stereocenters. The van der Waals surface area contributed by atoms with Gasteiger partial charge in [-0.05, 0) is 43.2 Å². The number of hydrogen-bond donors (Lipinski definition) is 1. The maximum atomic E-state index is 12.8. The summed E-state index contributed by atoms with van der Waals surface area (Å²) in [6.45, 7) is 3.84. The van der Waals surface area contributed by atoms with Crippen molar-refractivity contribution in [1.29, 1.82) is 0 Å². The van der Waals surface area contributed by atoms with Crippen molar-refractivity contribution in [2.45, 2.75) is 44.6 Å². The number of aromatic nitrogens is 1. The second-order valence-electron chi connectivity index (χ2n) is 7.28. The minimum atomic E-state index is -0.234. The lowest BCUT2D eigenvalue weighted by Crippen LogP contribution is -2.49. The van der Waals surface area contributed by atoms with E-state index in [-0.39, 0.29) is 17.9 Å². The summed E-state index contributed by atoms with van der Waals surface area (Å²) in [5.74, 6) is 0.635. The number of nitrogens with one attached hydrogen (secondary N) is 1. The van der Waals surface area contributed by atoms with Crippen molar-refractivity contribution in [3.8, 4) is 0 Å². The highest BCUT2D eigenvalue weighted by Crippen LogP contribution is 2.31. The molecule has 5 heteroatoms. The van der Waals surface area contributed by atoms with E-state index < -0.39 is 0 Å². The third-order valence-electron chi connectivity index (χ3n) is 5.74. The summed E-state index contributed by atoms with van der Waals surface area (Å²) >= 11 is 0. The van der Waals surface area contributed by atoms with Crippen LogP contribution in [0.4, 0.5) is 0 Å². The second kappa shape index (κ2) is 6.54. The van der Waals surface area contributed by atoms with Crippen LogP contribution in [-0.4, -0.2) is 52.3 Å². The Morgan fingerprint density at radius 2 is 1.84 bits per heavy atom. The number of amides is 2. The smallest absolute Gasteiger partial charge is 0.245 e. The fourth-order valence-corrected chi connectivity index (χ4v) is 4.34. The second-order valence-corrected chi connectivity index (χ2v) is 7.28. The fourth-order valence-electron chi connectivity index (χ4n) is 4.34. The standard InChI is InChI=1S/C20H25N3O2/c1-14(24)23-10-4-7-19(23)20(25)22-11-8-15(9-12-22)18-13-16-5-2-3-6-17(16)21-18/h2-3,5-6,13,15,19,21H,4,7-12H2,1H3/t19-/m0/s1. The van der Waals surface area contributed by atoms with Crippen molar-refractivity contribution in [2.75, 3.05) is 19.6 Å². The molecular formula is C20H25N3O2. The van der Waals surface area contributed by atoms with Crippen molar-refractivity contribution in [1.82, 2.24) is 14.8 Å². The third kappa shape index (κ3) is 3.03. The monoisotopic (exact) mass is 339 g/mol. The van der Waals surface area contributed by atoms with E-state index in [9.17, 15) is 9.59 Å². The number of rotatable bonds is 2. The molecule has 0 saturated carbocycles. The molecule has 2 aliphatic heterocycles. The summed E-state index contributed by atoms with van der Waals surface area (Å²) in [4.78, 5) is 31.8. The van der Waals surface area contributed by atoms with Crippen molar-refractivity contribution in [3.05, 3.63) is 36.0 Å². The van der Waals surface area contributed by atoms with E-state index in [0.717, 1.165) is 45.3 Å². The van der Waals surface area contributed by atoms with Crippen LogP contribution in [-0.2, 0) is 9.59 Å². The highest BCUT2D eigenvalue weighted by atomic mass is 16.2. The number of fused-ring (bicyclic) bond motifs is 1. The van der Waals surface area contributed by atoms with Gasteiger partial charge >= 0.3 is 0 Å². The van der Waals surface area contributed by atoms with E-state index in [4.69, 9.17) is 0 Å². The molecule has 4 rings (SSSR count). The normalized spacial score (nSPS) is 21.9.